The zero-order valence-electron chi connectivity index (χ0n) is 7.87. The summed E-state index contributed by atoms with van der Waals surface area (Å²) in [5.41, 5.74) is 0.870. The van der Waals surface area contributed by atoms with E-state index in [0.717, 1.165) is 5.70 Å². The molecular formula is C10H15NO. The summed E-state index contributed by atoms with van der Waals surface area (Å²) in [5.74, 6) is 0.650. The first-order valence-electron chi connectivity index (χ1n) is 3.79. The van der Waals surface area contributed by atoms with Crippen molar-refractivity contribution in [2.75, 3.05) is 7.11 Å². The van der Waals surface area contributed by atoms with Crippen LogP contribution in [0.3, 0.4) is 0 Å². The van der Waals surface area contributed by atoms with Crippen molar-refractivity contribution in [1.82, 2.24) is 0 Å². The summed E-state index contributed by atoms with van der Waals surface area (Å²) in [6.45, 7) is 7.31. The molecule has 0 rings (SSSR count). The van der Waals surface area contributed by atoms with Crippen LogP contribution in [-0.4, -0.2) is 13.0 Å². The number of aliphatic imine (C=N–C) groups is 1. The van der Waals surface area contributed by atoms with Crippen LogP contribution >= 0.6 is 0 Å². The van der Waals surface area contributed by atoms with Gasteiger partial charge in [0.1, 0.15) is 0 Å². The van der Waals surface area contributed by atoms with E-state index in [-0.39, 0.29) is 0 Å². The fourth-order valence-corrected chi connectivity index (χ4v) is 0.592. The average molecular weight is 165 g/mol. The minimum absolute atomic E-state index is 0.650. The van der Waals surface area contributed by atoms with Gasteiger partial charge < -0.3 is 4.74 Å². The summed E-state index contributed by atoms with van der Waals surface area (Å²) >= 11 is 0. The number of ether oxygens (including phenoxy) is 1. The maximum Gasteiger partial charge on any atom is 0.184 e. The Morgan fingerprint density at radius 3 is 2.58 bits per heavy atom. The number of hydrogen-bond acceptors (Lipinski definition) is 2. The van der Waals surface area contributed by atoms with Crippen molar-refractivity contribution in [3.8, 4) is 0 Å². The second-order valence-electron chi connectivity index (χ2n) is 2.14. The molecule has 0 amide bonds. The third-order valence-electron chi connectivity index (χ3n) is 1.28. The van der Waals surface area contributed by atoms with E-state index < -0.39 is 0 Å². The molecule has 12 heavy (non-hydrogen) atoms. The van der Waals surface area contributed by atoms with Crippen LogP contribution in [-0.2, 0) is 4.74 Å². The Kier molecular flexibility index (Phi) is 5.70. The smallest absolute Gasteiger partial charge is 0.184 e. The molecule has 0 radical (unpaired) electrons. The fourth-order valence-electron chi connectivity index (χ4n) is 0.592. The van der Waals surface area contributed by atoms with Gasteiger partial charge in [0.15, 0.2) is 5.90 Å². The molecule has 0 aromatic heterocycles. The molecule has 2 nitrogen and oxygen atoms in total. The largest absolute Gasteiger partial charge is 0.484 e. The minimum atomic E-state index is 0.650. The van der Waals surface area contributed by atoms with Crippen LogP contribution in [0.4, 0.5) is 0 Å². The highest BCUT2D eigenvalue weighted by molar-refractivity contribution is 5.74. The lowest BCUT2D eigenvalue weighted by molar-refractivity contribution is 0.399. The average Bonchev–Trinajstić information content (AvgIpc) is 2.11. The lowest BCUT2D eigenvalue weighted by Gasteiger charge is -1.97. The zero-order chi connectivity index (χ0) is 9.40. The second kappa shape index (κ2) is 6.40. The van der Waals surface area contributed by atoms with Crippen LogP contribution in [0.2, 0.25) is 0 Å². The Labute approximate surface area is 74.0 Å². The topological polar surface area (TPSA) is 21.6 Å². The van der Waals surface area contributed by atoms with E-state index in [4.69, 9.17) is 4.74 Å². The van der Waals surface area contributed by atoms with Gasteiger partial charge in [-0.05, 0) is 13.0 Å². The maximum absolute atomic E-state index is 4.91. The molecule has 0 spiro atoms. The third kappa shape index (κ3) is 4.50. The van der Waals surface area contributed by atoms with Crippen molar-refractivity contribution in [2.45, 2.75) is 13.8 Å². The normalized spacial score (nSPS) is 13.6. The van der Waals surface area contributed by atoms with Gasteiger partial charge in [-0.25, -0.2) is 4.99 Å². The van der Waals surface area contributed by atoms with Crippen LogP contribution in [0.15, 0.2) is 41.6 Å². The molecule has 2 heteroatoms. The van der Waals surface area contributed by atoms with E-state index >= 15 is 0 Å². The highest BCUT2D eigenvalue weighted by Gasteiger charge is 1.88. The first kappa shape index (κ1) is 10.7. The monoisotopic (exact) mass is 165 g/mol. The maximum atomic E-state index is 4.91. The van der Waals surface area contributed by atoms with Gasteiger partial charge in [-0.15, -0.1) is 0 Å². The summed E-state index contributed by atoms with van der Waals surface area (Å²) in [6.07, 6.45) is 7.32. The highest BCUT2D eigenvalue weighted by Crippen LogP contribution is 1.99. The summed E-state index contributed by atoms with van der Waals surface area (Å²) in [4.78, 5) is 4.17. The number of hydrogen-bond donors (Lipinski definition) is 0. The highest BCUT2D eigenvalue weighted by atomic mass is 16.5. The lowest BCUT2D eigenvalue weighted by Crippen LogP contribution is -1.93. The fraction of sp³-hybridized carbons (Fsp3) is 0.300. The van der Waals surface area contributed by atoms with Crippen molar-refractivity contribution >= 4 is 5.90 Å². The van der Waals surface area contributed by atoms with E-state index in [1.165, 1.54) is 0 Å². The molecule has 0 aromatic carbocycles. The first-order valence-corrected chi connectivity index (χ1v) is 3.79. The Hall–Kier alpha value is -1.31. The van der Waals surface area contributed by atoms with Crippen molar-refractivity contribution in [2.24, 2.45) is 4.99 Å². The van der Waals surface area contributed by atoms with E-state index in [2.05, 4.69) is 11.6 Å². The summed E-state index contributed by atoms with van der Waals surface area (Å²) < 4.78 is 4.91. The molecule has 0 saturated carbocycles. The molecule has 0 aromatic rings. The molecule has 66 valence electrons. The van der Waals surface area contributed by atoms with Gasteiger partial charge in [0.25, 0.3) is 0 Å². The predicted molar refractivity (Wildman–Crippen MR) is 53.2 cm³/mol. The van der Waals surface area contributed by atoms with Gasteiger partial charge in [-0.3, -0.25) is 0 Å². The number of rotatable bonds is 3. The molecule has 0 bridgehead atoms. The van der Waals surface area contributed by atoms with Crippen LogP contribution in [0.5, 0.6) is 0 Å². The Balaban J connectivity index is 4.39. The Bertz CT molecular complexity index is 224. The third-order valence-corrected chi connectivity index (χ3v) is 1.28. The molecular weight excluding hydrogens is 150 g/mol. The second-order valence-corrected chi connectivity index (χ2v) is 2.14. The molecule has 0 aliphatic heterocycles. The molecule has 0 atom stereocenters. The summed E-state index contributed by atoms with van der Waals surface area (Å²) in [6, 6.07) is 0. The summed E-state index contributed by atoms with van der Waals surface area (Å²) in [5, 5.41) is 0. The van der Waals surface area contributed by atoms with Crippen LogP contribution in [0.25, 0.3) is 0 Å². The van der Waals surface area contributed by atoms with Crippen molar-refractivity contribution in [1.29, 1.82) is 0 Å². The SMILES string of the molecule is C=C/C=C\C(=C/C)N=C(C)OC. The van der Waals surface area contributed by atoms with E-state index in [1.807, 2.05) is 32.1 Å². The molecule has 0 saturated heterocycles. The lowest BCUT2D eigenvalue weighted by atomic mass is 10.3. The quantitative estimate of drug-likeness (QED) is 0.358. The summed E-state index contributed by atoms with van der Waals surface area (Å²) in [7, 11) is 1.60. The molecule has 0 fully saturated rings. The van der Waals surface area contributed by atoms with Gasteiger partial charge in [-0.1, -0.05) is 24.8 Å². The standard InChI is InChI=1S/C10H15NO/c1-5-7-8-10(6-2)11-9(3)12-4/h5-8H,1H2,2-4H3/b8-7-,10-6+,11-9?. The molecule has 0 heterocycles. The van der Waals surface area contributed by atoms with Gasteiger partial charge in [0, 0.05) is 6.92 Å². The van der Waals surface area contributed by atoms with Gasteiger partial charge in [0.2, 0.25) is 0 Å². The minimum Gasteiger partial charge on any atom is -0.484 e. The van der Waals surface area contributed by atoms with Crippen molar-refractivity contribution in [3.05, 3.63) is 36.6 Å². The number of methoxy groups -OCH3 is 1. The van der Waals surface area contributed by atoms with Crippen molar-refractivity contribution < 1.29 is 4.74 Å². The Morgan fingerprint density at radius 1 is 1.50 bits per heavy atom. The molecule has 0 aliphatic carbocycles. The molecule has 0 N–H and O–H groups in total. The van der Waals surface area contributed by atoms with Crippen LogP contribution < -0.4 is 0 Å². The van der Waals surface area contributed by atoms with Crippen molar-refractivity contribution in [3.63, 3.8) is 0 Å². The Morgan fingerprint density at radius 2 is 2.17 bits per heavy atom. The first-order chi connectivity index (χ1) is 5.74. The molecule has 0 unspecified atom stereocenters. The van der Waals surface area contributed by atoms with E-state index in [1.54, 1.807) is 13.2 Å². The van der Waals surface area contributed by atoms with Gasteiger partial charge in [0.05, 0.1) is 12.8 Å². The van der Waals surface area contributed by atoms with Crippen LogP contribution in [0, 0.1) is 0 Å². The number of nitrogens with zero attached hydrogens (tertiary/aromatic N) is 1. The van der Waals surface area contributed by atoms with Gasteiger partial charge in [-0.2, -0.15) is 0 Å². The van der Waals surface area contributed by atoms with E-state index in [0.29, 0.717) is 5.90 Å². The van der Waals surface area contributed by atoms with E-state index in [9.17, 15) is 0 Å². The zero-order valence-corrected chi connectivity index (χ0v) is 7.87. The van der Waals surface area contributed by atoms with Crippen LogP contribution in [0.1, 0.15) is 13.8 Å². The number of allylic oxidation sites excluding steroid dienone is 4. The predicted octanol–water partition coefficient (Wildman–Crippen LogP) is 2.70. The van der Waals surface area contributed by atoms with Gasteiger partial charge >= 0.3 is 0 Å². The molecule has 0 aliphatic rings.